The van der Waals surface area contributed by atoms with Crippen LogP contribution in [0.25, 0.3) is 0 Å². The summed E-state index contributed by atoms with van der Waals surface area (Å²) in [5.41, 5.74) is 7.00. The number of fused-ring (bicyclic) bond motifs is 1. The van der Waals surface area contributed by atoms with Gasteiger partial charge in [-0.05, 0) is 24.3 Å². The van der Waals surface area contributed by atoms with Crippen molar-refractivity contribution in [2.75, 3.05) is 18.5 Å². The van der Waals surface area contributed by atoms with Gasteiger partial charge >= 0.3 is 0 Å². The second kappa shape index (κ2) is 5.29. The van der Waals surface area contributed by atoms with Crippen LogP contribution < -0.4 is 11.1 Å². The van der Waals surface area contributed by atoms with Gasteiger partial charge in [0, 0.05) is 23.6 Å². The zero-order valence-corrected chi connectivity index (χ0v) is 13.8. The van der Waals surface area contributed by atoms with Crippen LogP contribution in [0.4, 0.5) is 5.00 Å². The molecule has 2 atom stereocenters. The highest BCUT2D eigenvalue weighted by atomic mass is 32.1. The number of carbonyl (C=O) groups excluding carboxylic acids is 2. The Morgan fingerprint density at radius 1 is 1.35 bits per heavy atom. The summed E-state index contributed by atoms with van der Waals surface area (Å²) in [7, 11) is 0. The summed E-state index contributed by atoms with van der Waals surface area (Å²) in [5, 5.41) is 3.50. The first-order valence-corrected chi connectivity index (χ1v) is 8.84. The molecule has 1 saturated heterocycles. The van der Waals surface area contributed by atoms with Crippen molar-refractivity contribution >= 4 is 28.2 Å². The van der Waals surface area contributed by atoms with E-state index < -0.39 is 11.7 Å². The molecule has 0 radical (unpaired) electrons. The molecule has 2 heterocycles. The monoisotopic (exact) mass is 336 g/mol. The molecule has 3 aliphatic rings. The smallest absolute Gasteiger partial charge is 0.251 e. The Hall–Kier alpha value is -1.44. The molecule has 2 amide bonds. The third kappa shape index (κ3) is 2.56. The summed E-state index contributed by atoms with van der Waals surface area (Å²) in [6, 6.07) is 0. The quantitative estimate of drug-likeness (QED) is 0.878. The highest BCUT2D eigenvalue weighted by molar-refractivity contribution is 7.17. The zero-order chi connectivity index (χ0) is 16.2. The number of nitrogens with one attached hydrogen (secondary N) is 1. The van der Waals surface area contributed by atoms with Crippen LogP contribution >= 0.6 is 11.3 Å². The molecule has 0 bridgehead atoms. The average Bonchev–Trinajstić information content (AvgIpc) is 2.93. The van der Waals surface area contributed by atoms with Gasteiger partial charge in [-0.2, -0.15) is 0 Å². The van der Waals surface area contributed by atoms with Gasteiger partial charge in [-0.3, -0.25) is 9.59 Å². The van der Waals surface area contributed by atoms with Crippen LogP contribution in [-0.4, -0.2) is 30.8 Å². The van der Waals surface area contributed by atoms with E-state index in [2.05, 4.69) is 12.2 Å². The van der Waals surface area contributed by atoms with E-state index in [1.54, 1.807) is 0 Å². The SMILES string of the molecule is CC1CC1C(=O)Nc1sc2c(c1C(N)=O)CCC1(C2)OCCO1. The summed E-state index contributed by atoms with van der Waals surface area (Å²) in [6.45, 7) is 3.26. The first-order chi connectivity index (χ1) is 11.0. The van der Waals surface area contributed by atoms with Crippen LogP contribution in [0.5, 0.6) is 0 Å². The molecule has 23 heavy (non-hydrogen) atoms. The van der Waals surface area contributed by atoms with Gasteiger partial charge in [-0.25, -0.2) is 0 Å². The van der Waals surface area contributed by atoms with E-state index in [4.69, 9.17) is 15.2 Å². The lowest BCUT2D eigenvalue weighted by molar-refractivity contribution is -0.163. The fraction of sp³-hybridized carbons (Fsp3) is 0.625. The maximum absolute atomic E-state index is 12.2. The lowest BCUT2D eigenvalue weighted by Gasteiger charge is -2.31. The van der Waals surface area contributed by atoms with Crippen LogP contribution in [0.1, 0.15) is 40.6 Å². The number of thiophene rings is 1. The van der Waals surface area contributed by atoms with E-state index in [1.165, 1.54) is 11.3 Å². The molecule has 2 fully saturated rings. The van der Waals surface area contributed by atoms with Gasteiger partial charge in [0.1, 0.15) is 5.00 Å². The number of nitrogens with two attached hydrogens (primary N) is 1. The highest BCUT2D eigenvalue weighted by Gasteiger charge is 2.43. The van der Waals surface area contributed by atoms with Gasteiger partial charge in [0.15, 0.2) is 5.79 Å². The minimum absolute atomic E-state index is 0.0123. The lowest BCUT2D eigenvalue weighted by Crippen LogP contribution is -2.36. The Morgan fingerprint density at radius 3 is 2.65 bits per heavy atom. The van der Waals surface area contributed by atoms with E-state index in [1.807, 2.05) is 0 Å². The molecule has 124 valence electrons. The molecular formula is C16H20N2O4S. The van der Waals surface area contributed by atoms with Gasteiger partial charge in [-0.1, -0.05) is 6.92 Å². The molecule has 2 unspecified atom stereocenters. The van der Waals surface area contributed by atoms with E-state index in [9.17, 15) is 9.59 Å². The lowest BCUT2D eigenvalue weighted by atomic mass is 9.90. The molecular weight excluding hydrogens is 316 g/mol. The Labute approximate surface area is 138 Å². The molecule has 4 rings (SSSR count). The molecule has 2 aliphatic carbocycles. The molecule has 1 aromatic heterocycles. The summed E-state index contributed by atoms with van der Waals surface area (Å²) < 4.78 is 11.5. The van der Waals surface area contributed by atoms with Gasteiger partial charge < -0.3 is 20.5 Å². The van der Waals surface area contributed by atoms with Gasteiger partial charge in [0.2, 0.25) is 5.91 Å². The molecule has 3 N–H and O–H groups in total. The first-order valence-electron chi connectivity index (χ1n) is 8.02. The predicted octanol–water partition coefficient (Wildman–Crippen LogP) is 1.67. The number of anilines is 1. The number of rotatable bonds is 3. The van der Waals surface area contributed by atoms with Crippen molar-refractivity contribution in [1.29, 1.82) is 0 Å². The van der Waals surface area contributed by atoms with Crippen molar-refractivity contribution in [2.24, 2.45) is 17.6 Å². The maximum atomic E-state index is 12.2. The van der Waals surface area contributed by atoms with E-state index in [0.717, 1.165) is 16.9 Å². The summed E-state index contributed by atoms with van der Waals surface area (Å²) >= 11 is 1.43. The van der Waals surface area contributed by atoms with Crippen LogP contribution in [0.2, 0.25) is 0 Å². The Morgan fingerprint density at radius 2 is 2.04 bits per heavy atom. The van der Waals surface area contributed by atoms with Crippen molar-refractivity contribution in [2.45, 2.75) is 38.4 Å². The van der Waals surface area contributed by atoms with Crippen LogP contribution in [0.15, 0.2) is 0 Å². The van der Waals surface area contributed by atoms with E-state index in [0.29, 0.717) is 49.0 Å². The number of primary amides is 1. The summed E-state index contributed by atoms with van der Waals surface area (Å²) in [6.07, 6.45) is 2.92. The third-order valence-corrected chi connectivity index (χ3v) is 6.17. The number of ether oxygens (including phenoxy) is 2. The number of carbonyl (C=O) groups is 2. The Kier molecular flexibility index (Phi) is 3.48. The second-order valence-electron chi connectivity index (χ2n) is 6.67. The number of amides is 2. The van der Waals surface area contributed by atoms with Gasteiger partial charge in [0.05, 0.1) is 18.8 Å². The van der Waals surface area contributed by atoms with Crippen molar-refractivity contribution in [3.63, 3.8) is 0 Å². The first kappa shape index (κ1) is 15.1. The third-order valence-electron chi connectivity index (χ3n) is 5.02. The average molecular weight is 336 g/mol. The number of hydrogen-bond acceptors (Lipinski definition) is 5. The molecule has 1 saturated carbocycles. The minimum atomic E-state index is -0.556. The topological polar surface area (TPSA) is 90.7 Å². The normalized spacial score (nSPS) is 27.7. The summed E-state index contributed by atoms with van der Waals surface area (Å²) in [5.74, 6) is -0.570. The fourth-order valence-electron chi connectivity index (χ4n) is 3.55. The van der Waals surface area contributed by atoms with Crippen molar-refractivity contribution < 1.29 is 19.1 Å². The Balaban J connectivity index is 1.63. The molecule has 7 heteroatoms. The second-order valence-corrected chi connectivity index (χ2v) is 7.77. The van der Waals surface area contributed by atoms with Gasteiger partial charge in [-0.15, -0.1) is 11.3 Å². The molecule has 6 nitrogen and oxygen atoms in total. The predicted molar refractivity (Wildman–Crippen MR) is 85.4 cm³/mol. The highest BCUT2D eigenvalue weighted by Crippen LogP contribution is 2.45. The standard InChI is InChI=1S/C16H20N2O4S/c1-8-6-10(8)14(20)18-15-12(13(17)19)9-2-3-16(7-11(9)23-15)21-4-5-22-16/h8,10H,2-7H2,1H3,(H2,17,19)(H,18,20). The number of hydrogen-bond donors (Lipinski definition) is 2. The van der Waals surface area contributed by atoms with Crippen molar-refractivity contribution in [3.05, 3.63) is 16.0 Å². The van der Waals surface area contributed by atoms with Gasteiger partial charge in [0.25, 0.3) is 5.91 Å². The minimum Gasteiger partial charge on any atom is -0.365 e. The van der Waals surface area contributed by atoms with Crippen molar-refractivity contribution in [1.82, 2.24) is 0 Å². The molecule has 1 aliphatic heterocycles. The van der Waals surface area contributed by atoms with Crippen LogP contribution in [-0.2, 0) is 27.1 Å². The fourth-order valence-corrected chi connectivity index (χ4v) is 4.90. The van der Waals surface area contributed by atoms with E-state index >= 15 is 0 Å². The largest absolute Gasteiger partial charge is 0.365 e. The molecule has 0 aromatic carbocycles. The molecule has 1 spiro atoms. The zero-order valence-electron chi connectivity index (χ0n) is 13.0. The summed E-state index contributed by atoms with van der Waals surface area (Å²) in [4.78, 5) is 25.2. The Bertz CT molecular complexity index is 678. The molecule has 1 aromatic rings. The van der Waals surface area contributed by atoms with Crippen molar-refractivity contribution in [3.8, 4) is 0 Å². The van der Waals surface area contributed by atoms with Crippen LogP contribution in [0, 0.1) is 11.8 Å². The van der Waals surface area contributed by atoms with E-state index in [-0.39, 0.29) is 11.8 Å². The van der Waals surface area contributed by atoms with Crippen LogP contribution in [0.3, 0.4) is 0 Å². The maximum Gasteiger partial charge on any atom is 0.251 e.